The van der Waals surface area contributed by atoms with Crippen LogP contribution in [0.5, 0.6) is 0 Å². The van der Waals surface area contributed by atoms with Gasteiger partial charge >= 0.3 is 0 Å². The molecule has 0 saturated heterocycles. The summed E-state index contributed by atoms with van der Waals surface area (Å²) < 4.78 is 0. The van der Waals surface area contributed by atoms with Crippen LogP contribution < -0.4 is 10.2 Å². The zero-order chi connectivity index (χ0) is 15.4. The van der Waals surface area contributed by atoms with Gasteiger partial charge < -0.3 is 10.2 Å². The Kier molecular flexibility index (Phi) is 4.97. The molecule has 0 spiro atoms. The molecule has 0 saturated carbocycles. The Morgan fingerprint density at radius 3 is 2.33 bits per heavy atom. The Morgan fingerprint density at radius 1 is 1.05 bits per heavy atom. The van der Waals surface area contributed by atoms with Crippen molar-refractivity contribution in [1.82, 2.24) is 0 Å². The van der Waals surface area contributed by atoms with Gasteiger partial charge in [0.25, 0.3) is 0 Å². The molecule has 2 aromatic carbocycles. The minimum Gasteiger partial charge on any atom is -0.332 e. The van der Waals surface area contributed by atoms with Crippen LogP contribution >= 0.6 is 12.2 Å². The first-order valence-corrected chi connectivity index (χ1v) is 7.62. The number of nitrogens with one attached hydrogen (secondary N) is 1. The SMILES string of the molecule is Cc1ccc(C)c(NC(=S)N(c2ccccc2)C(C)C)c1. The van der Waals surface area contributed by atoms with Crippen molar-refractivity contribution in [3.8, 4) is 0 Å². The van der Waals surface area contributed by atoms with Crippen LogP contribution in [0.15, 0.2) is 48.5 Å². The van der Waals surface area contributed by atoms with Crippen molar-refractivity contribution >= 4 is 28.7 Å². The molecule has 0 bridgehead atoms. The van der Waals surface area contributed by atoms with Crippen LogP contribution in [0.4, 0.5) is 11.4 Å². The molecule has 3 heteroatoms. The van der Waals surface area contributed by atoms with Gasteiger partial charge in [-0.1, -0.05) is 30.3 Å². The minimum atomic E-state index is 0.289. The second kappa shape index (κ2) is 6.72. The largest absolute Gasteiger partial charge is 0.332 e. The van der Waals surface area contributed by atoms with E-state index < -0.39 is 0 Å². The fraction of sp³-hybridized carbons (Fsp3) is 0.278. The topological polar surface area (TPSA) is 15.3 Å². The first-order chi connectivity index (χ1) is 9.99. The average Bonchev–Trinajstić information content (AvgIpc) is 2.44. The van der Waals surface area contributed by atoms with E-state index in [1.54, 1.807) is 0 Å². The van der Waals surface area contributed by atoms with Crippen molar-refractivity contribution in [3.63, 3.8) is 0 Å². The minimum absolute atomic E-state index is 0.289. The summed E-state index contributed by atoms with van der Waals surface area (Å²) in [5.41, 5.74) is 4.60. The van der Waals surface area contributed by atoms with E-state index in [4.69, 9.17) is 12.2 Å². The van der Waals surface area contributed by atoms with Gasteiger partial charge in [-0.15, -0.1) is 0 Å². The van der Waals surface area contributed by atoms with Gasteiger partial charge in [0.2, 0.25) is 0 Å². The Hall–Kier alpha value is -1.87. The molecule has 2 nitrogen and oxygen atoms in total. The fourth-order valence-corrected chi connectivity index (χ4v) is 2.71. The summed E-state index contributed by atoms with van der Waals surface area (Å²) in [5.74, 6) is 0. The maximum atomic E-state index is 5.63. The molecule has 0 fully saturated rings. The van der Waals surface area contributed by atoms with Gasteiger partial charge in [-0.2, -0.15) is 0 Å². The molecule has 0 radical (unpaired) electrons. The summed E-state index contributed by atoms with van der Waals surface area (Å²) in [5, 5.41) is 4.12. The lowest BCUT2D eigenvalue weighted by atomic mass is 10.1. The van der Waals surface area contributed by atoms with Gasteiger partial charge in [-0.3, -0.25) is 0 Å². The molecule has 0 aromatic heterocycles. The van der Waals surface area contributed by atoms with Crippen molar-refractivity contribution < 1.29 is 0 Å². The summed E-state index contributed by atoms with van der Waals surface area (Å²) in [6.07, 6.45) is 0. The van der Waals surface area contributed by atoms with E-state index in [0.717, 1.165) is 16.5 Å². The predicted molar refractivity (Wildman–Crippen MR) is 96.2 cm³/mol. The molecule has 0 amide bonds. The second-order valence-electron chi connectivity index (χ2n) is 5.55. The number of aryl methyl sites for hydroxylation is 2. The number of thiocarbonyl (C=S) groups is 1. The highest BCUT2D eigenvalue weighted by molar-refractivity contribution is 7.80. The van der Waals surface area contributed by atoms with Gasteiger partial charge in [0.15, 0.2) is 5.11 Å². The van der Waals surface area contributed by atoms with Gasteiger partial charge in [0.1, 0.15) is 0 Å². The van der Waals surface area contributed by atoms with Crippen LogP contribution in [0.2, 0.25) is 0 Å². The van der Waals surface area contributed by atoms with Gasteiger partial charge in [-0.05, 0) is 69.2 Å². The molecule has 0 aliphatic carbocycles. The van der Waals surface area contributed by atoms with Crippen molar-refractivity contribution in [2.24, 2.45) is 0 Å². The van der Waals surface area contributed by atoms with Crippen molar-refractivity contribution in [1.29, 1.82) is 0 Å². The Labute approximate surface area is 132 Å². The maximum Gasteiger partial charge on any atom is 0.178 e. The zero-order valence-electron chi connectivity index (χ0n) is 13.1. The highest BCUT2D eigenvalue weighted by Gasteiger charge is 2.16. The summed E-state index contributed by atoms with van der Waals surface area (Å²) in [4.78, 5) is 2.14. The van der Waals surface area contributed by atoms with E-state index in [0.29, 0.717) is 0 Å². The van der Waals surface area contributed by atoms with Crippen LogP contribution in [0.3, 0.4) is 0 Å². The van der Waals surface area contributed by atoms with E-state index in [9.17, 15) is 0 Å². The molecule has 0 aliphatic rings. The van der Waals surface area contributed by atoms with E-state index in [1.165, 1.54) is 11.1 Å². The Morgan fingerprint density at radius 2 is 1.71 bits per heavy atom. The standard InChI is InChI=1S/C18H22N2S/c1-13(2)20(16-8-6-5-7-9-16)18(21)19-17-12-14(3)10-11-15(17)4/h5-13H,1-4H3,(H,19,21). The molecule has 1 N–H and O–H groups in total. The Bertz CT molecular complexity index is 620. The number of nitrogens with zero attached hydrogens (tertiary/aromatic N) is 1. The fourth-order valence-electron chi connectivity index (χ4n) is 2.28. The van der Waals surface area contributed by atoms with Crippen LogP contribution in [0, 0.1) is 13.8 Å². The molecular formula is C18H22N2S. The van der Waals surface area contributed by atoms with Crippen LogP contribution in [0.25, 0.3) is 0 Å². The van der Waals surface area contributed by atoms with Gasteiger partial charge in [0.05, 0.1) is 0 Å². The molecule has 0 atom stereocenters. The van der Waals surface area contributed by atoms with E-state index in [2.05, 4.69) is 68.2 Å². The molecule has 0 heterocycles. The number of para-hydroxylation sites is 1. The summed E-state index contributed by atoms with van der Waals surface area (Å²) in [6.45, 7) is 8.46. The quantitative estimate of drug-likeness (QED) is 0.810. The number of hydrogen-bond acceptors (Lipinski definition) is 1. The van der Waals surface area contributed by atoms with Gasteiger partial charge in [0, 0.05) is 17.4 Å². The van der Waals surface area contributed by atoms with E-state index in [-0.39, 0.29) is 6.04 Å². The predicted octanol–water partition coefficient (Wildman–Crippen LogP) is 4.92. The van der Waals surface area contributed by atoms with Crippen LogP contribution in [-0.2, 0) is 0 Å². The van der Waals surface area contributed by atoms with Gasteiger partial charge in [-0.25, -0.2) is 0 Å². The van der Waals surface area contributed by atoms with E-state index in [1.807, 2.05) is 18.2 Å². The third-order valence-electron chi connectivity index (χ3n) is 3.40. The summed E-state index contributed by atoms with van der Waals surface area (Å²) >= 11 is 5.63. The lowest BCUT2D eigenvalue weighted by Gasteiger charge is -2.30. The summed E-state index contributed by atoms with van der Waals surface area (Å²) in [6, 6.07) is 16.9. The first kappa shape index (κ1) is 15.5. The molecule has 0 aliphatic heterocycles. The van der Waals surface area contributed by atoms with Crippen molar-refractivity contribution in [3.05, 3.63) is 59.7 Å². The lowest BCUT2D eigenvalue weighted by Crippen LogP contribution is -2.40. The number of anilines is 2. The van der Waals surface area contributed by atoms with E-state index >= 15 is 0 Å². The molecular weight excluding hydrogens is 276 g/mol. The molecule has 110 valence electrons. The monoisotopic (exact) mass is 298 g/mol. The molecule has 2 aromatic rings. The summed E-state index contributed by atoms with van der Waals surface area (Å²) in [7, 11) is 0. The molecule has 2 rings (SSSR count). The highest BCUT2D eigenvalue weighted by atomic mass is 32.1. The van der Waals surface area contributed by atoms with Crippen LogP contribution in [-0.4, -0.2) is 11.2 Å². The highest BCUT2D eigenvalue weighted by Crippen LogP contribution is 2.21. The van der Waals surface area contributed by atoms with Crippen molar-refractivity contribution in [2.45, 2.75) is 33.7 Å². The zero-order valence-corrected chi connectivity index (χ0v) is 13.9. The molecule has 0 unspecified atom stereocenters. The van der Waals surface area contributed by atoms with Crippen LogP contribution in [0.1, 0.15) is 25.0 Å². The average molecular weight is 298 g/mol. The number of benzene rings is 2. The Balaban J connectivity index is 2.26. The second-order valence-corrected chi connectivity index (χ2v) is 5.93. The number of hydrogen-bond donors (Lipinski definition) is 1. The first-order valence-electron chi connectivity index (χ1n) is 7.21. The third-order valence-corrected chi connectivity index (χ3v) is 3.70. The maximum absolute atomic E-state index is 5.63. The smallest absolute Gasteiger partial charge is 0.178 e. The normalized spacial score (nSPS) is 10.5. The lowest BCUT2D eigenvalue weighted by molar-refractivity contribution is 0.811. The third kappa shape index (κ3) is 3.82. The van der Waals surface area contributed by atoms with Crippen molar-refractivity contribution in [2.75, 3.05) is 10.2 Å². The molecule has 21 heavy (non-hydrogen) atoms. The number of rotatable bonds is 3.